The maximum absolute atomic E-state index is 13.7. The highest BCUT2D eigenvalue weighted by atomic mass is 19.1. The third-order valence-electron chi connectivity index (χ3n) is 2.82. The van der Waals surface area contributed by atoms with Gasteiger partial charge in [-0.1, -0.05) is 0 Å². The Kier molecular flexibility index (Phi) is 3.48. The van der Waals surface area contributed by atoms with Crippen molar-refractivity contribution in [2.45, 2.75) is 6.04 Å². The van der Waals surface area contributed by atoms with Crippen molar-refractivity contribution in [3.05, 3.63) is 47.0 Å². The van der Waals surface area contributed by atoms with E-state index in [2.05, 4.69) is 5.10 Å². The number of hydrogen-bond acceptors (Lipinski definition) is 3. The Bertz CT molecular complexity index is 589. The Morgan fingerprint density at radius 1 is 1.26 bits per heavy atom. The van der Waals surface area contributed by atoms with Crippen molar-refractivity contribution >= 4 is 0 Å². The van der Waals surface area contributed by atoms with E-state index in [1.54, 1.807) is 7.05 Å². The maximum atomic E-state index is 13.7. The van der Waals surface area contributed by atoms with Crippen molar-refractivity contribution in [1.82, 2.24) is 9.78 Å². The Labute approximate surface area is 107 Å². The van der Waals surface area contributed by atoms with Gasteiger partial charge in [0, 0.05) is 24.7 Å². The summed E-state index contributed by atoms with van der Waals surface area (Å²) in [5.41, 5.74) is 5.72. The molecule has 0 aliphatic carbocycles. The normalized spacial score (nSPS) is 12.5. The highest BCUT2D eigenvalue weighted by Crippen LogP contribution is 2.30. The number of methoxy groups -OCH3 is 1. The van der Waals surface area contributed by atoms with Crippen LogP contribution in [0, 0.1) is 17.5 Å². The van der Waals surface area contributed by atoms with E-state index in [1.807, 2.05) is 0 Å². The molecule has 2 aromatic rings. The van der Waals surface area contributed by atoms with Gasteiger partial charge in [0.15, 0.2) is 5.75 Å². The van der Waals surface area contributed by atoms with Crippen LogP contribution in [0.15, 0.2) is 18.3 Å². The average molecular weight is 271 g/mol. The molecule has 0 fully saturated rings. The summed E-state index contributed by atoms with van der Waals surface area (Å²) in [6.45, 7) is 0. The van der Waals surface area contributed by atoms with Gasteiger partial charge >= 0.3 is 0 Å². The van der Waals surface area contributed by atoms with Gasteiger partial charge in [0.1, 0.15) is 23.1 Å². The van der Waals surface area contributed by atoms with Crippen molar-refractivity contribution in [2.75, 3.05) is 7.11 Å². The van der Waals surface area contributed by atoms with Crippen LogP contribution in [-0.2, 0) is 7.05 Å². The smallest absolute Gasteiger partial charge is 0.161 e. The molecule has 102 valence electrons. The predicted molar refractivity (Wildman–Crippen MR) is 62.1 cm³/mol. The minimum atomic E-state index is -1.15. The number of hydrogen-bond donors (Lipinski definition) is 1. The molecule has 0 saturated heterocycles. The van der Waals surface area contributed by atoms with Crippen molar-refractivity contribution in [2.24, 2.45) is 12.8 Å². The summed E-state index contributed by atoms with van der Waals surface area (Å²) < 4.78 is 46.6. The molecule has 19 heavy (non-hydrogen) atoms. The number of ether oxygens (including phenoxy) is 1. The second-order valence-electron chi connectivity index (χ2n) is 3.98. The summed E-state index contributed by atoms with van der Waals surface area (Å²) in [6.07, 6.45) is 1.38. The molecule has 0 radical (unpaired) electrons. The van der Waals surface area contributed by atoms with E-state index in [1.165, 1.54) is 18.0 Å². The van der Waals surface area contributed by atoms with Crippen molar-refractivity contribution in [3.63, 3.8) is 0 Å². The van der Waals surface area contributed by atoms with E-state index in [-0.39, 0.29) is 0 Å². The number of halogens is 3. The lowest BCUT2D eigenvalue weighted by Crippen LogP contribution is -2.20. The highest BCUT2D eigenvalue weighted by Gasteiger charge is 2.25. The zero-order valence-electron chi connectivity index (χ0n) is 10.3. The van der Waals surface area contributed by atoms with E-state index < -0.39 is 29.1 Å². The lowest BCUT2D eigenvalue weighted by Gasteiger charge is -2.16. The topological polar surface area (TPSA) is 53.1 Å². The van der Waals surface area contributed by atoms with Crippen LogP contribution >= 0.6 is 0 Å². The van der Waals surface area contributed by atoms with E-state index >= 15 is 0 Å². The Balaban J connectivity index is 2.56. The van der Waals surface area contributed by atoms with Gasteiger partial charge in [0.25, 0.3) is 0 Å². The molecule has 1 atom stereocenters. The molecule has 0 aliphatic heterocycles. The summed E-state index contributed by atoms with van der Waals surface area (Å²) in [7, 11) is 2.96. The van der Waals surface area contributed by atoms with Crippen LogP contribution in [-0.4, -0.2) is 16.9 Å². The number of nitrogens with two attached hydrogens (primary N) is 1. The molecule has 0 saturated carbocycles. The summed E-state index contributed by atoms with van der Waals surface area (Å²) >= 11 is 0. The first-order valence-electron chi connectivity index (χ1n) is 5.41. The van der Waals surface area contributed by atoms with Gasteiger partial charge in [-0.15, -0.1) is 0 Å². The second-order valence-corrected chi connectivity index (χ2v) is 3.98. The minimum Gasteiger partial charge on any atom is -0.493 e. The zero-order chi connectivity index (χ0) is 14.2. The second kappa shape index (κ2) is 4.93. The van der Waals surface area contributed by atoms with Crippen molar-refractivity contribution in [3.8, 4) is 5.75 Å². The van der Waals surface area contributed by atoms with Crippen molar-refractivity contribution < 1.29 is 17.9 Å². The molecule has 1 aromatic heterocycles. The summed E-state index contributed by atoms with van der Waals surface area (Å²) in [5, 5.41) is 3.90. The number of benzene rings is 1. The van der Waals surface area contributed by atoms with Gasteiger partial charge in [0.2, 0.25) is 0 Å². The van der Waals surface area contributed by atoms with Gasteiger partial charge in [-0.05, 0) is 0 Å². The molecule has 0 aliphatic rings. The molecular formula is C12H12F3N3O. The Morgan fingerprint density at radius 2 is 1.84 bits per heavy atom. The lowest BCUT2D eigenvalue weighted by atomic mass is 10.0. The predicted octanol–water partition coefficient (Wildman–Crippen LogP) is 1.89. The third-order valence-corrected chi connectivity index (χ3v) is 2.82. The summed E-state index contributed by atoms with van der Waals surface area (Å²) in [5.74, 6) is -2.79. The Hall–Kier alpha value is -2.02. The van der Waals surface area contributed by atoms with Gasteiger partial charge in [0.05, 0.1) is 19.3 Å². The minimum absolute atomic E-state index is 0.298. The fourth-order valence-electron chi connectivity index (χ4n) is 1.93. The molecule has 0 spiro atoms. The molecule has 2 rings (SSSR count). The number of rotatable bonds is 3. The standard InChI is InChI=1S/C12H12F3N3O/c1-18-12(9(19-2)5-17-18)11(16)10-7(14)3-6(13)4-8(10)15/h3-5,11H,16H2,1-2H3. The van der Waals surface area contributed by atoms with E-state index in [4.69, 9.17) is 10.5 Å². The molecule has 2 N–H and O–H groups in total. The molecule has 0 amide bonds. The number of aromatic nitrogens is 2. The molecule has 1 aromatic carbocycles. The van der Waals surface area contributed by atoms with Gasteiger partial charge in [-0.25, -0.2) is 13.2 Å². The van der Waals surface area contributed by atoms with Crippen LogP contribution in [0.5, 0.6) is 5.75 Å². The number of nitrogens with zero attached hydrogens (tertiary/aromatic N) is 2. The van der Waals surface area contributed by atoms with E-state index in [9.17, 15) is 13.2 Å². The van der Waals surface area contributed by atoms with Crippen LogP contribution in [0.25, 0.3) is 0 Å². The first-order valence-corrected chi connectivity index (χ1v) is 5.41. The summed E-state index contributed by atoms with van der Waals surface area (Å²) in [6, 6.07) is 0.0189. The van der Waals surface area contributed by atoms with Gasteiger partial charge in [-0.3, -0.25) is 4.68 Å². The monoisotopic (exact) mass is 271 g/mol. The molecule has 1 heterocycles. The van der Waals surface area contributed by atoms with Gasteiger partial charge < -0.3 is 10.5 Å². The van der Waals surface area contributed by atoms with E-state index in [0.29, 0.717) is 23.6 Å². The van der Waals surface area contributed by atoms with Crippen molar-refractivity contribution in [1.29, 1.82) is 0 Å². The SMILES string of the molecule is COc1cnn(C)c1C(N)c1c(F)cc(F)cc1F. The molecule has 7 heteroatoms. The average Bonchev–Trinajstić information content (AvgIpc) is 2.68. The third kappa shape index (κ3) is 2.28. The molecule has 4 nitrogen and oxygen atoms in total. The van der Waals surface area contributed by atoms with Crippen LogP contribution in [0.3, 0.4) is 0 Å². The van der Waals surface area contributed by atoms with Crippen LogP contribution < -0.4 is 10.5 Å². The quantitative estimate of drug-likeness (QED) is 0.927. The largest absolute Gasteiger partial charge is 0.493 e. The first kappa shape index (κ1) is 13.4. The molecular weight excluding hydrogens is 259 g/mol. The van der Waals surface area contributed by atoms with Crippen LogP contribution in [0.1, 0.15) is 17.3 Å². The lowest BCUT2D eigenvalue weighted by molar-refractivity contribution is 0.404. The highest BCUT2D eigenvalue weighted by molar-refractivity contribution is 5.37. The Morgan fingerprint density at radius 3 is 2.37 bits per heavy atom. The fraction of sp³-hybridized carbons (Fsp3) is 0.250. The van der Waals surface area contributed by atoms with Crippen LogP contribution in [0.4, 0.5) is 13.2 Å². The fourth-order valence-corrected chi connectivity index (χ4v) is 1.93. The van der Waals surface area contributed by atoms with E-state index in [0.717, 1.165) is 0 Å². The van der Waals surface area contributed by atoms with Crippen LogP contribution in [0.2, 0.25) is 0 Å². The summed E-state index contributed by atoms with van der Waals surface area (Å²) in [4.78, 5) is 0. The molecule has 0 bridgehead atoms. The zero-order valence-corrected chi connectivity index (χ0v) is 10.3. The molecule has 1 unspecified atom stereocenters. The van der Waals surface area contributed by atoms with Gasteiger partial charge in [-0.2, -0.15) is 5.10 Å². The first-order chi connectivity index (χ1) is 8.95. The number of aryl methyl sites for hydroxylation is 1. The maximum Gasteiger partial charge on any atom is 0.161 e.